The highest BCUT2D eigenvalue weighted by Crippen LogP contribution is 2.44. The number of rotatable bonds is 3. The molecule has 4 rings (SSSR count). The first-order chi connectivity index (χ1) is 12.1. The van der Waals surface area contributed by atoms with Gasteiger partial charge in [-0.05, 0) is 30.9 Å². The van der Waals surface area contributed by atoms with Crippen LogP contribution < -0.4 is 0 Å². The number of aromatic nitrogens is 3. The van der Waals surface area contributed by atoms with Gasteiger partial charge in [-0.25, -0.2) is 0 Å². The first-order valence-electron chi connectivity index (χ1n) is 8.74. The largest absolute Gasteiger partial charge is 0.342 e. The minimum Gasteiger partial charge on any atom is -0.342 e. The van der Waals surface area contributed by atoms with Crippen molar-refractivity contribution in [3.63, 3.8) is 0 Å². The molecule has 0 spiro atoms. The summed E-state index contributed by atoms with van der Waals surface area (Å²) in [5.74, 6) is 1.85. The fourth-order valence-electron chi connectivity index (χ4n) is 4.31. The van der Waals surface area contributed by atoms with Crippen molar-refractivity contribution in [1.29, 1.82) is 0 Å². The third kappa shape index (κ3) is 2.93. The van der Waals surface area contributed by atoms with Gasteiger partial charge in [0.2, 0.25) is 11.8 Å². The molecule has 2 aliphatic heterocycles. The molecule has 2 saturated heterocycles. The molecule has 4 heterocycles. The van der Waals surface area contributed by atoms with Gasteiger partial charge < -0.3 is 9.42 Å². The van der Waals surface area contributed by atoms with Crippen molar-refractivity contribution < 1.29 is 9.32 Å². The Labute approximate surface area is 147 Å². The van der Waals surface area contributed by atoms with Crippen molar-refractivity contribution in [1.82, 2.24) is 24.9 Å². The molecule has 25 heavy (non-hydrogen) atoms. The van der Waals surface area contributed by atoms with Crippen molar-refractivity contribution in [2.24, 2.45) is 5.92 Å². The SMILES string of the molecule is CC(=O)N1CC[C@H]2CN(Cc3cccnc3)C[C@@]2(c2nc(C)no2)C1. The van der Waals surface area contributed by atoms with Crippen molar-refractivity contribution in [3.8, 4) is 0 Å². The lowest BCUT2D eigenvalue weighted by molar-refractivity contribution is -0.131. The molecule has 2 atom stereocenters. The molecular formula is C18H23N5O2. The first kappa shape index (κ1) is 16.2. The number of aryl methyl sites for hydroxylation is 1. The van der Waals surface area contributed by atoms with E-state index < -0.39 is 0 Å². The third-order valence-electron chi connectivity index (χ3n) is 5.51. The van der Waals surface area contributed by atoms with Crippen LogP contribution in [0.25, 0.3) is 0 Å². The molecule has 0 aromatic carbocycles. The second kappa shape index (κ2) is 6.22. The van der Waals surface area contributed by atoms with Gasteiger partial charge in [0.15, 0.2) is 5.82 Å². The molecule has 7 nitrogen and oxygen atoms in total. The molecule has 2 aromatic heterocycles. The summed E-state index contributed by atoms with van der Waals surface area (Å²) in [6, 6.07) is 4.06. The molecule has 2 fully saturated rings. The molecule has 1 amide bonds. The molecule has 132 valence electrons. The zero-order valence-electron chi connectivity index (χ0n) is 14.7. The van der Waals surface area contributed by atoms with Crippen LogP contribution in [-0.4, -0.2) is 57.0 Å². The Bertz CT molecular complexity index is 762. The number of likely N-dealkylation sites (tertiary alicyclic amines) is 2. The average Bonchev–Trinajstić information content (AvgIpc) is 3.19. The van der Waals surface area contributed by atoms with Crippen molar-refractivity contribution in [2.75, 3.05) is 26.2 Å². The van der Waals surface area contributed by atoms with E-state index in [0.717, 1.165) is 32.6 Å². The van der Waals surface area contributed by atoms with E-state index in [1.165, 1.54) is 5.56 Å². The maximum Gasteiger partial charge on any atom is 0.236 e. The fourth-order valence-corrected chi connectivity index (χ4v) is 4.31. The molecule has 0 unspecified atom stereocenters. The van der Waals surface area contributed by atoms with Crippen LogP contribution in [0.2, 0.25) is 0 Å². The van der Waals surface area contributed by atoms with Crippen LogP contribution >= 0.6 is 0 Å². The Morgan fingerprint density at radius 1 is 1.44 bits per heavy atom. The lowest BCUT2D eigenvalue weighted by atomic mass is 9.73. The Balaban J connectivity index is 1.63. The van der Waals surface area contributed by atoms with Gasteiger partial charge in [0, 0.05) is 52.0 Å². The lowest BCUT2D eigenvalue weighted by Gasteiger charge is -2.41. The number of nitrogens with zero attached hydrogens (tertiary/aromatic N) is 5. The molecule has 7 heteroatoms. The summed E-state index contributed by atoms with van der Waals surface area (Å²) in [5, 5.41) is 4.01. The molecule has 0 radical (unpaired) electrons. The molecule has 0 bridgehead atoms. The minimum absolute atomic E-state index is 0.111. The van der Waals surface area contributed by atoms with Crippen LogP contribution in [0.1, 0.15) is 30.6 Å². The molecule has 0 aliphatic carbocycles. The molecule has 2 aromatic rings. The van der Waals surface area contributed by atoms with E-state index in [4.69, 9.17) is 4.52 Å². The third-order valence-corrected chi connectivity index (χ3v) is 5.51. The Hall–Kier alpha value is -2.28. The van der Waals surface area contributed by atoms with Gasteiger partial charge in [0.05, 0.1) is 5.41 Å². The maximum atomic E-state index is 12.0. The summed E-state index contributed by atoms with van der Waals surface area (Å²) in [6.45, 7) is 7.56. The van der Waals surface area contributed by atoms with E-state index in [1.807, 2.05) is 24.1 Å². The summed E-state index contributed by atoms with van der Waals surface area (Å²) in [4.78, 5) is 25.1. The number of hydrogen-bond acceptors (Lipinski definition) is 6. The number of carbonyl (C=O) groups excluding carboxylic acids is 1. The van der Waals surface area contributed by atoms with E-state index in [2.05, 4.69) is 26.1 Å². The Morgan fingerprint density at radius 2 is 2.32 bits per heavy atom. The number of fused-ring (bicyclic) bond motifs is 1. The number of carbonyl (C=O) groups is 1. The summed E-state index contributed by atoms with van der Waals surface area (Å²) < 4.78 is 5.60. The molecule has 2 aliphatic rings. The summed E-state index contributed by atoms with van der Waals surface area (Å²) in [7, 11) is 0. The van der Waals surface area contributed by atoms with Gasteiger partial charge in [0.25, 0.3) is 0 Å². The first-order valence-corrected chi connectivity index (χ1v) is 8.74. The van der Waals surface area contributed by atoms with Gasteiger partial charge in [-0.3, -0.25) is 14.7 Å². The van der Waals surface area contributed by atoms with Gasteiger partial charge in [-0.15, -0.1) is 0 Å². The number of piperidine rings is 1. The second-order valence-corrected chi connectivity index (χ2v) is 7.26. The quantitative estimate of drug-likeness (QED) is 0.840. The van der Waals surface area contributed by atoms with E-state index in [9.17, 15) is 4.79 Å². The van der Waals surface area contributed by atoms with Gasteiger partial charge in [0.1, 0.15) is 0 Å². The van der Waals surface area contributed by atoms with E-state index >= 15 is 0 Å². The van der Waals surface area contributed by atoms with E-state index in [1.54, 1.807) is 13.1 Å². The molecular weight excluding hydrogens is 318 g/mol. The second-order valence-electron chi connectivity index (χ2n) is 7.26. The normalized spacial score (nSPS) is 26.6. The molecule has 0 N–H and O–H groups in total. The highest BCUT2D eigenvalue weighted by Gasteiger charge is 2.54. The van der Waals surface area contributed by atoms with Crippen molar-refractivity contribution in [3.05, 3.63) is 41.8 Å². The number of amides is 1. The summed E-state index contributed by atoms with van der Waals surface area (Å²) in [6.07, 6.45) is 4.67. The highest BCUT2D eigenvalue weighted by atomic mass is 16.5. The maximum absolute atomic E-state index is 12.0. The zero-order valence-corrected chi connectivity index (χ0v) is 14.7. The monoisotopic (exact) mass is 341 g/mol. The van der Waals surface area contributed by atoms with Crippen LogP contribution in [0.4, 0.5) is 0 Å². The van der Waals surface area contributed by atoms with Crippen LogP contribution in [0, 0.1) is 12.8 Å². The van der Waals surface area contributed by atoms with Crippen LogP contribution in [0.15, 0.2) is 29.0 Å². The van der Waals surface area contributed by atoms with Gasteiger partial charge >= 0.3 is 0 Å². The van der Waals surface area contributed by atoms with Gasteiger partial charge in [-0.1, -0.05) is 11.2 Å². The van der Waals surface area contributed by atoms with Crippen molar-refractivity contribution in [2.45, 2.75) is 32.2 Å². The number of pyridine rings is 1. The van der Waals surface area contributed by atoms with E-state index in [0.29, 0.717) is 24.2 Å². The summed E-state index contributed by atoms with van der Waals surface area (Å²) in [5.41, 5.74) is 0.925. The standard InChI is InChI=1S/C18H23N5O2/c1-13-20-17(25-21-13)18-11-22(9-15-4-3-6-19-8-15)10-16(18)5-7-23(12-18)14(2)24/h3-4,6,8,16H,5,7,9-12H2,1-2H3/t16-,18+/m0/s1. The van der Waals surface area contributed by atoms with E-state index in [-0.39, 0.29) is 11.3 Å². The summed E-state index contributed by atoms with van der Waals surface area (Å²) >= 11 is 0. The molecule has 0 saturated carbocycles. The predicted molar refractivity (Wildman–Crippen MR) is 90.6 cm³/mol. The van der Waals surface area contributed by atoms with Crippen LogP contribution in [0.3, 0.4) is 0 Å². The zero-order chi connectivity index (χ0) is 17.4. The van der Waals surface area contributed by atoms with Crippen LogP contribution in [-0.2, 0) is 16.8 Å². The van der Waals surface area contributed by atoms with Gasteiger partial charge in [-0.2, -0.15) is 4.98 Å². The van der Waals surface area contributed by atoms with Crippen LogP contribution in [0.5, 0.6) is 0 Å². The lowest BCUT2D eigenvalue weighted by Crippen LogP contribution is -2.53. The van der Waals surface area contributed by atoms with Crippen molar-refractivity contribution >= 4 is 5.91 Å². The Morgan fingerprint density at radius 3 is 3.00 bits per heavy atom. The fraction of sp³-hybridized carbons (Fsp3) is 0.556. The topological polar surface area (TPSA) is 75.4 Å². The average molecular weight is 341 g/mol. The highest BCUT2D eigenvalue weighted by molar-refractivity contribution is 5.73. The number of hydrogen-bond donors (Lipinski definition) is 0. The Kier molecular flexibility index (Phi) is 4.03. The predicted octanol–water partition coefficient (Wildman–Crippen LogP) is 1.40. The smallest absolute Gasteiger partial charge is 0.236 e. The minimum atomic E-state index is -0.270.